The number of pyridine rings is 1. The largest absolute Gasteiger partial charge is 0.494 e. The van der Waals surface area contributed by atoms with Crippen LogP contribution in [0.3, 0.4) is 0 Å². The maximum atomic E-state index is 12.5. The number of rotatable bonds is 8. The third kappa shape index (κ3) is 6.11. The molecule has 4 rings (SSSR count). The zero-order chi connectivity index (χ0) is 24.6. The van der Waals surface area contributed by atoms with Crippen molar-refractivity contribution < 1.29 is 14.3 Å². The van der Waals surface area contributed by atoms with Crippen LogP contribution in [0.15, 0.2) is 73.1 Å². The van der Waals surface area contributed by atoms with Gasteiger partial charge in [-0.2, -0.15) is 0 Å². The molecule has 35 heavy (non-hydrogen) atoms. The van der Waals surface area contributed by atoms with E-state index >= 15 is 0 Å². The molecule has 0 aliphatic carbocycles. The summed E-state index contributed by atoms with van der Waals surface area (Å²) in [4.78, 5) is 25.7. The van der Waals surface area contributed by atoms with Gasteiger partial charge in [0.25, 0.3) is 0 Å². The summed E-state index contributed by atoms with van der Waals surface area (Å²) in [6.45, 7) is 6.39. The summed E-state index contributed by atoms with van der Waals surface area (Å²) in [6, 6.07) is 17.9. The van der Waals surface area contributed by atoms with Gasteiger partial charge in [-0.15, -0.1) is 0 Å². The number of nitrogens with zero attached hydrogens (tertiary/aromatic N) is 3. The van der Waals surface area contributed by atoms with Crippen LogP contribution in [0.5, 0.6) is 17.4 Å². The van der Waals surface area contributed by atoms with Crippen molar-refractivity contribution in [3.8, 4) is 28.6 Å². The third-order valence-electron chi connectivity index (χ3n) is 5.11. The maximum absolute atomic E-state index is 12.5. The zero-order valence-corrected chi connectivity index (χ0v) is 19.9. The lowest BCUT2D eigenvalue weighted by Gasteiger charge is -2.13. The Balaban J connectivity index is 1.47. The van der Waals surface area contributed by atoms with Crippen molar-refractivity contribution in [1.29, 1.82) is 0 Å². The van der Waals surface area contributed by atoms with Crippen molar-refractivity contribution in [3.63, 3.8) is 0 Å². The van der Waals surface area contributed by atoms with E-state index in [4.69, 9.17) is 9.47 Å². The molecule has 0 aliphatic rings. The standard InChI is InChI=1S/C27H27N5O3/c1-4-25-28-15-13-23(32-25)22-10-7-14-29-26(22)35-24-12-11-20(16-18(24)3)31-27(33)30-19-8-6-9-21(17-19)34-5-2/h6-17H,4-5H2,1-3H3,(H2,30,31,33). The monoisotopic (exact) mass is 469 g/mol. The first-order valence-electron chi connectivity index (χ1n) is 11.4. The smallest absolute Gasteiger partial charge is 0.323 e. The summed E-state index contributed by atoms with van der Waals surface area (Å²) in [5.74, 6) is 2.53. The molecular formula is C27H27N5O3. The van der Waals surface area contributed by atoms with Crippen molar-refractivity contribution in [1.82, 2.24) is 15.0 Å². The average molecular weight is 470 g/mol. The minimum atomic E-state index is -0.353. The average Bonchev–Trinajstić information content (AvgIpc) is 2.86. The fourth-order valence-corrected chi connectivity index (χ4v) is 3.46. The van der Waals surface area contributed by atoms with E-state index in [2.05, 4.69) is 25.6 Å². The molecule has 0 unspecified atom stereocenters. The molecule has 8 nitrogen and oxygen atoms in total. The molecule has 0 spiro atoms. The zero-order valence-electron chi connectivity index (χ0n) is 19.9. The molecule has 8 heteroatoms. The molecule has 2 aromatic carbocycles. The SMILES string of the molecule is CCOc1cccc(NC(=O)Nc2ccc(Oc3ncccc3-c3ccnc(CC)n3)c(C)c2)c1. The van der Waals surface area contributed by atoms with Crippen LogP contribution in [0.1, 0.15) is 25.2 Å². The lowest BCUT2D eigenvalue weighted by molar-refractivity contribution is 0.262. The first-order valence-corrected chi connectivity index (χ1v) is 11.4. The second-order valence-corrected chi connectivity index (χ2v) is 7.69. The van der Waals surface area contributed by atoms with Crippen molar-refractivity contribution in [2.45, 2.75) is 27.2 Å². The third-order valence-corrected chi connectivity index (χ3v) is 5.11. The van der Waals surface area contributed by atoms with E-state index < -0.39 is 0 Å². The first kappa shape index (κ1) is 23.7. The van der Waals surface area contributed by atoms with Crippen LogP contribution < -0.4 is 20.1 Å². The molecule has 0 saturated heterocycles. The van der Waals surface area contributed by atoms with E-state index in [0.717, 1.165) is 29.1 Å². The lowest BCUT2D eigenvalue weighted by Crippen LogP contribution is -2.19. The summed E-state index contributed by atoms with van der Waals surface area (Å²) < 4.78 is 11.6. The van der Waals surface area contributed by atoms with Gasteiger partial charge in [-0.3, -0.25) is 0 Å². The highest BCUT2D eigenvalue weighted by Gasteiger charge is 2.13. The molecular weight excluding hydrogens is 442 g/mol. The van der Waals surface area contributed by atoms with Gasteiger partial charge >= 0.3 is 6.03 Å². The summed E-state index contributed by atoms with van der Waals surface area (Å²) in [6.07, 6.45) is 4.15. The number of hydrogen-bond donors (Lipinski definition) is 2. The van der Waals surface area contributed by atoms with Crippen LogP contribution in [-0.4, -0.2) is 27.6 Å². The molecule has 4 aromatic rings. The predicted molar refractivity (Wildman–Crippen MR) is 136 cm³/mol. The molecule has 0 fully saturated rings. The van der Waals surface area contributed by atoms with Crippen LogP contribution in [0.25, 0.3) is 11.3 Å². The highest BCUT2D eigenvalue weighted by Crippen LogP contribution is 2.32. The number of anilines is 2. The van der Waals surface area contributed by atoms with Gasteiger partial charge in [0.15, 0.2) is 0 Å². The Morgan fingerprint density at radius 1 is 0.914 bits per heavy atom. The summed E-state index contributed by atoms with van der Waals surface area (Å²) in [7, 11) is 0. The molecule has 0 aliphatic heterocycles. The number of amides is 2. The molecule has 2 aromatic heterocycles. The second kappa shape index (κ2) is 11.1. The Bertz CT molecular complexity index is 1330. The lowest BCUT2D eigenvalue weighted by atomic mass is 10.1. The minimum absolute atomic E-state index is 0.353. The maximum Gasteiger partial charge on any atom is 0.323 e. The van der Waals surface area contributed by atoms with E-state index in [1.54, 1.807) is 36.7 Å². The second-order valence-electron chi connectivity index (χ2n) is 7.69. The van der Waals surface area contributed by atoms with Gasteiger partial charge in [0, 0.05) is 36.3 Å². The molecule has 2 amide bonds. The minimum Gasteiger partial charge on any atom is -0.494 e. The van der Waals surface area contributed by atoms with Crippen LogP contribution >= 0.6 is 0 Å². The normalized spacial score (nSPS) is 10.5. The Hall–Kier alpha value is -4.46. The van der Waals surface area contributed by atoms with Crippen molar-refractivity contribution >= 4 is 17.4 Å². The summed E-state index contributed by atoms with van der Waals surface area (Å²) in [5.41, 5.74) is 3.65. The number of carbonyl (C=O) groups is 1. The van der Waals surface area contributed by atoms with Crippen molar-refractivity contribution in [2.75, 3.05) is 17.2 Å². The number of aryl methyl sites for hydroxylation is 2. The molecule has 0 atom stereocenters. The number of ether oxygens (including phenoxy) is 2. The number of urea groups is 1. The van der Waals surface area contributed by atoms with Gasteiger partial charge in [-0.1, -0.05) is 13.0 Å². The summed E-state index contributed by atoms with van der Waals surface area (Å²) in [5, 5.41) is 5.66. The summed E-state index contributed by atoms with van der Waals surface area (Å²) >= 11 is 0. The van der Waals surface area contributed by atoms with E-state index in [1.807, 2.05) is 57.2 Å². The van der Waals surface area contributed by atoms with E-state index in [0.29, 0.717) is 35.4 Å². The van der Waals surface area contributed by atoms with Crippen LogP contribution in [-0.2, 0) is 6.42 Å². The Labute approximate surface area is 204 Å². The Kier molecular flexibility index (Phi) is 7.52. The Morgan fingerprint density at radius 3 is 2.51 bits per heavy atom. The van der Waals surface area contributed by atoms with Crippen LogP contribution in [0, 0.1) is 6.92 Å². The van der Waals surface area contributed by atoms with Crippen molar-refractivity contribution in [2.24, 2.45) is 0 Å². The molecule has 2 N–H and O–H groups in total. The Morgan fingerprint density at radius 2 is 1.74 bits per heavy atom. The van der Waals surface area contributed by atoms with Crippen LogP contribution in [0.2, 0.25) is 0 Å². The topological polar surface area (TPSA) is 98.3 Å². The fourth-order valence-electron chi connectivity index (χ4n) is 3.46. The number of benzene rings is 2. The van der Waals surface area contributed by atoms with E-state index in [9.17, 15) is 4.79 Å². The van der Waals surface area contributed by atoms with Gasteiger partial charge in [0.05, 0.1) is 17.9 Å². The van der Waals surface area contributed by atoms with Gasteiger partial charge in [0.2, 0.25) is 5.88 Å². The molecule has 0 saturated carbocycles. The molecule has 0 bridgehead atoms. The fraction of sp³-hybridized carbons (Fsp3) is 0.185. The van der Waals surface area contributed by atoms with E-state index in [1.165, 1.54) is 0 Å². The number of hydrogen-bond acceptors (Lipinski definition) is 6. The molecule has 2 heterocycles. The number of aromatic nitrogens is 3. The number of nitrogens with one attached hydrogen (secondary N) is 2. The van der Waals surface area contributed by atoms with Crippen LogP contribution in [0.4, 0.5) is 16.2 Å². The first-order chi connectivity index (χ1) is 17.1. The quantitative estimate of drug-likeness (QED) is 0.317. The van der Waals surface area contributed by atoms with E-state index in [-0.39, 0.29) is 6.03 Å². The van der Waals surface area contributed by atoms with Crippen molar-refractivity contribution in [3.05, 3.63) is 84.4 Å². The molecule has 0 radical (unpaired) electrons. The number of carbonyl (C=O) groups excluding carboxylic acids is 1. The van der Waals surface area contributed by atoms with Gasteiger partial charge in [-0.05, 0) is 67.9 Å². The van der Waals surface area contributed by atoms with Gasteiger partial charge < -0.3 is 20.1 Å². The van der Waals surface area contributed by atoms with Gasteiger partial charge in [-0.25, -0.2) is 19.7 Å². The predicted octanol–water partition coefficient (Wildman–Crippen LogP) is 6.24. The highest BCUT2D eigenvalue weighted by molar-refractivity contribution is 5.99. The van der Waals surface area contributed by atoms with Gasteiger partial charge in [0.1, 0.15) is 17.3 Å². The highest BCUT2D eigenvalue weighted by atomic mass is 16.5. The molecule has 178 valence electrons.